The molecule has 0 saturated heterocycles. The molecule has 0 aliphatic heterocycles. The van der Waals surface area contributed by atoms with E-state index in [4.69, 9.17) is 11.6 Å². The Balaban J connectivity index is 1.96. The maximum absolute atomic E-state index is 13.0. The average molecular weight is 300 g/mol. The van der Waals surface area contributed by atoms with Gasteiger partial charge in [0.05, 0.1) is 5.60 Å². The van der Waals surface area contributed by atoms with Crippen LogP contribution in [0, 0.1) is 11.7 Å². The van der Waals surface area contributed by atoms with E-state index >= 15 is 0 Å². The number of nitrogens with one attached hydrogen (secondary N) is 1. The van der Waals surface area contributed by atoms with Crippen LogP contribution in [0.2, 0.25) is 5.02 Å². The summed E-state index contributed by atoms with van der Waals surface area (Å²) in [5, 5.41) is 14.4. The van der Waals surface area contributed by atoms with Gasteiger partial charge in [-0.05, 0) is 43.4 Å². The van der Waals surface area contributed by atoms with Crippen molar-refractivity contribution in [1.29, 1.82) is 0 Å². The second kappa shape index (κ2) is 6.42. The van der Waals surface area contributed by atoms with Gasteiger partial charge in [-0.15, -0.1) is 0 Å². The Morgan fingerprint density at radius 3 is 2.95 bits per heavy atom. The molecule has 1 aromatic carbocycles. The van der Waals surface area contributed by atoms with Gasteiger partial charge < -0.3 is 10.4 Å². The van der Waals surface area contributed by atoms with Gasteiger partial charge in [0.2, 0.25) is 0 Å². The molecule has 3 atom stereocenters. The van der Waals surface area contributed by atoms with Crippen molar-refractivity contribution in [3.05, 3.63) is 34.6 Å². The molecule has 4 heteroatoms. The Morgan fingerprint density at radius 1 is 1.55 bits per heavy atom. The number of halogens is 2. The fourth-order valence-electron chi connectivity index (χ4n) is 3.10. The normalized spacial score (nSPS) is 28.4. The van der Waals surface area contributed by atoms with E-state index in [-0.39, 0.29) is 11.9 Å². The lowest BCUT2D eigenvalue weighted by Crippen LogP contribution is -2.44. The standard InChI is InChI=1S/C16H23ClFNO/c1-11-4-3-7-16(20,9-11)10-19-12(2)14-6-5-13(18)8-15(14)17/h5-6,8,11-12,19-20H,3-4,7,9-10H2,1-2H3. The third-order valence-electron chi connectivity index (χ3n) is 4.23. The fraction of sp³-hybridized carbons (Fsp3) is 0.625. The van der Waals surface area contributed by atoms with Gasteiger partial charge in [-0.1, -0.05) is 37.4 Å². The van der Waals surface area contributed by atoms with E-state index in [0.29, 0.717) is 17.5 Å². The Kier molecular flexibility index (Phi) is 5.05. The molecule has 0 bridgehead atoms. The van der Waals surface area contributed by atoms with Crippen molar-refractivity contribution in [3.63, 3.8) is 0 Å². The molecule has 0 heterocycles. The first-order valence-electron chi connectivity index (χ1n) is 7.30. The first-order valence-corrected chi connectivity index (χ1v) is 7.68. The van der Waals surface area contributed by atoms with Gasteiger partial charge >= 0.3 is 0 Å². The predicted octanol–water partition coefficient (Wildman–Crippen LogP) is 4.07. The molecule has 2 rings (SSSR count). The zero-order valence-electron chi connectivity index (χ0n) is 12.1. The van der Waals surface area contributed by atoms with Crippen LogP contribution in [0.5, 0.6) is 0 Å². The van der Waals surface area contributed by atoms with Crippen LogP contribution < -0.4 is 5.32 Å². The predicted molar refractivity (Wildman–Crippen MR) is 80.4 cm³/mol. The number of benzene rings is 1. The van der Waals surface area contributed by atoms with Gasteiger partial charge in [0, 0.05) is 17.6 Å². The lowest BCUT2D eigenvalue weighted by atomic mass is 9.79. The molecule has 1 aliphatic rings. The van der Waals surface area contributed by atoms with Crippen LogP contribution in [0.15, 0.2) is 18.2 Å². The van der Waals surface area contributed by atoms with Crippen LogP contribution in [0.4, 0.5) is 4.39 Å². The Bertz CT molecular complexity index is 468. The van der Waals surface area contributed by atoms with E-state index in [9.17, 15) is 9.50 Å². The number of rotatable bonds is 4. The van der Waals surface area contributed by atoms with Gasteiger partial charge in [0.25, 0.3) is 0 Å². The molecule has 1 aromatic rings. The highest BCUT2D eigenvalue weighted by atomic mass is 35.5. The van der Waals surface area contributed by atoms with E-state index < -0.39 is 5.60 Å². The first-order chi connectivity index (χ1) is 9.39. The summed E-state index contributed by atoms with van der Waals surface area (Å²) in [7, 11) is 0. The Labute approximate surface area is 125 Å². The summed E-state index contributed by atoms with van der Waals surface area (Å²) >= 11 is 6.06. The van der Waals surface area contributed by atoms with Crippen molar-refractivity contribution in [1.82, 2.24) is 5.32 Å². The molecule has 2 N–H and O–H groups in total. The minimum Gasteiger partial charge on any atom is -0.389 e. The van der Waals surface area contributed by atoms with Gasteiger partial charge in [0.15, 0.2) is 0 Å². The average Bonchev–Trinajstić information content (AvgIpc) is 2.36. The highest BCUT2D eigenvalue weighted by Crippen LogP contribution is 2.32. The molecule has 0 amide bonds. The lowest BCUT2D eigenvalue weighted by Gasteiger charge is -2.36. The summed E-state index contributed by atoms with van der Waals surface area (Å²) in [4.78, 5) is 0. The largest absolute Gasteiger partial charge is 0.389 e. The quantitative estimate of drug-likeness (QED) is 0.878. The zero-order chi connectivity index (χ0) is 14.8. The van der Waals surface area contributed by atoms with Crippen molar-refractivity contribution in [2.24, 2.45) is 5.92 Å². The lowest BCUT2D eigenvalue weighted by molar-refractivity contribution is -0.0134. The maximum Gasteiger partial charge on any atom is 0.124 e. The minimum absolute atomic E-state index is 0.00985. The van der Waals surface area contributed by atoms with Crippen LogP contribution in [0.25, 0.3) is 0 Å². The molecule has 20 heavy (non-hydrogen) atoms. The summed E-state index contributed by atoms with van der Waals surface area (Å²) in [6.45, 7) is 4.71. The van der Waals surface area contributed by atoms with Crippen molar-refractivity contribution in [2.75, 3.05) is 6.54 Å². The highest BCUT2D eigenvalue weighted by molar-refractivity contribution is 6.31. The molecule has 0 radical (unpaired) electrons. The first kappa shape index (κ1) is 15.7. The maximum atomic E-state index is 13.0. The van der Waals surface area contributed by atoms with E-state index in [1.165, 1.54) is 18.6 Å². The third kappa shape index (κ3) is 3.94. The molecule has 0 spiro atoms. The van der Waals surface area contributed by atoms with Crippen LogP contribution >= 0.6 is 11.6 Å². The topological polar surface area (TPSA) is 32.3 Å². The smallest absolute Gasteiger partial charge is 0.124 e. The third-order valence-corrected chi connectivity index (χ3v) is 4.56. The van der Waals surface area contributed by atoms with E-state index in [2.05, 4.69) is 12.2 Å². The van der Waals surface area contributed by atoms with Crippen LogP contribution in [0.1, 0.15) is 51.1 Å². The minimum atomic E-state index is -0.627. The molecule has 112 valence electrons. The second-order valence-corrected chi connectivity index (χ2v) is 6.60. The molecule has 2 nitrogen and oxygen atoms in total. The molecule has 1 fully saturated rings. The van der Waals surface area contributed by atoms with Crippen molar-refractivity contribution < 1.29 is 9.50 Å². The molecular weight excluding hydrogens is 277 g/mol. The van der Waals surface area contributed by atoms with Crippen molar-refractivity contribution in [2.45, 2.75) is 51.2 Å². The summed E-state index contributed by atoms with van der Waals surface area (Å²) in [5.41, 5.74) is 0.235. The molecule has 3 unspecified atom stereocenters. The van der Waals surface area contributed by atoms with E-state index in [0.717, 1.165) is 24.8 Å². The molecular formula is C16H23ClFNO. The fourth-order valence-corrected chi connectivity index (χ4v) is 3.43. The molecule has 1 saturated carbocycles. The summed E-state index contributed by atoms with van der Waals surface area (Å²) in [5.74, 6) is 0.242. The molecule has 0 aromatic heterocycles. The summed E-state index contributed by atoms with van der Waals surface area (Å²) in [6, 6.07) is 4.43. The van der Waals surface area contributed by atoms with Crippen molar-refractivity contribution in [3.8, 4) is 0 Å². The Morgan fingerprint density at radius 2 is 2.30 bits per heavy atom. The number of aliphatic hydroxyl groups is 1. The summed E-state index contributed by atoms with van der Waals surface area (Å²) < 4.78 is 13.0. The van der Waals surface area contributed by atoms with Crippen LogP contribution in [0.3, 0.4) is 0 Å². The SMILES string of the molecule is CC1CCCC(O)(CNC(C)c2ccc(F)cc2Cl)C1. The van der Waals surface area contributed by atoms with E-state index in [1.807, 2.05) is 6.92 Å². The van der Waals surface area contributed by atoms with Gasteiger partial charge in [-0.3, -0.25) is 0 Å². The number of hydrogen-bond donors (Lipinski definition) is 2. The second-order valence-electron chi connectivity index (χ2n) is 6.19. The van der Waals surface area contributed by atoms with Gasteiger partial charge in [0.1, 0.15) is 5.82 Å². The van der Waals surface area contributed by atoms with Gasteiger partial charge in [-0.25, -0.2) is 4.39 Å². The van der Waals surface area contributed by atoms with Crippen molar-refractivity contribution >= 4 is 11.6 Å². The number of hydrogen-bond acceptors (Lipinski definition) is 2. The Hall–Kier alpha value is -0.640. The van der Waals surface area contributed by atoms with Gasteiger partial charge in [-0.2, -0.15) is 0 Å². The zero-order valence-corrected chi connectivity index (χ0v) is 12.9. The monoisotopic (exact) mass is 299 g/mol. The summed E-state index contributed by atoms with van der Waals surface area (Å²) in [6.07, 6.45) is 3.95. The highest BCUT2D eigenvalue weighted by Gasteiger charge is 2.32. The van der Waals surface area contributed by atoms with Crippen LogP contribution in [-0.4, -0.2) is 17.3 Å². The molecule has 1 aliphatic carbocycles. The van der Waals surface area contributed by atoms with E-state index in [1.54, 1.807) is 6.07 Å². The van der Waals surface area contributed by atoms with Crippen LogP contribution in [-0.2, 0) is 0 Å².